The summed E-state index contributed by atoms with van der Waals surface area (Å²) in [5, 5.41) is 10.9. The number of nitrogens with zero attached hydrogens (tertiary/aromatic N) is 3. The molecule has 2 rings (SSSR count). The molecule has 1 aromatic rings. The molecule has 1 saturated carbocycles. The van der Waals surface area contributed by atoms with Crippen LogP contribution in [-0.4, -0.2) is 49.6 Å². The fraction of sp³-hybridized carbons (Fsp3) is 0.737. The highest BCUT2D eigenvalue weighted by molar-refractivity contribution is 5.85. The van der Waals surface area contributed by atoms with Crippen molar-refractivity contribution in [3.8, 4) is 0 Å². The minimum Gasteiger partial charge on any atom is -0.361 e. The van der Waals surface area contributed by atoms with Crippen LogP contribution in [0.25, 0.3) is 0 Å². The molecular weight excluding hydrogens is 330 g/mol. The van der Waals surface area contributed by atoms with Crippen LogP contribution in [0.4, 0.5) is 0 Å². The third-order valence-electron chi connectivity index (χ3n) is 5.28. The normalized spacial score (nSPS) is 16.6. The molecule has 0 saturated heterocycles. The van der Waals surface area contributed by atoms with E-state index in [0.29, 0.717) is 19.0 Å². The molecule has 1 aliphatic carbocycles. The van der Waals surface area contributed by atoms with Crippen LogP contribution in [0.1, 0.15) is 56.5 Å². The van der Waals surface area contributed by atoms with E-state index in [4.69, 9.17) is 4.52 Å². The zero-order valence-corrected chi connectivity index (χ0v) is 16.8. The van der Waals surface area contributed by atoms with Crippen molar-refractivity contribution in [1.29, 1.82) is 0 Å². The lowest BCUT2D eigenvalue weighted by Gasteiger charge is -2.31. The first-order valence-corrected chi connectivity index (χ1v) is 9.60. The maximum Gasteiger partial charge on any atom is 0.230 e. The first-order chi connectivity index (χ1) is 12.5. The molecule has 1 amide bonds. The van der Waals surface area contributed by atoms with Crippen LogP contribution in [0.15, 0.2) is 9.52 Å². The van der Waals surface area contributed by atoms with Crippen LogP contribution in [0.2, 0.25) is 0 Å². The molecule has 0 aromatic carbocycles. The Morgan fingerprint density at radius 1 is 1.23 bits per heavy atom. The highest BCUT2D eigenvalue weighted by atomic mass is 16.5. The molecule has 0 aliphatic heterocycles. The van der Waals surface area contributed by atoms with Gasteiger partial charge in [0.05, 0.1) is 11.1 Å². The molecule has 7 nitrogen and oxygen atoms in total. The number of amides is 1. The standard InChI is InChI=1S/C19H33N5O2/c1-6-15-14(16(7-2)26-23-15)12-21-18(20-3)22-13-19(10-8-9-11-19)17(25)24(4)5/h6-13H2,1-5H3,(H2,20,21,22). The van der Waals surface area contributed by atoms with Gasteiger partial charge < -0.3 is 20.1 Å². The summed E-state index contributed by atoms with van der Waals surface area (Å²) in [6, 6.07) is 0. The van der Waals surface area contributed by atoms with Gasteiger partial charge in [0, 0.05) is 46.2 Å². The summed E-state index contributed by atoms with van der Waals surface area (Å²) in [5.74, 6) is 1.83. The predicted octanol–water partition coefficient (Wildman–Crippen LogP) is 2.11. The molecule has 1 heterocycles. The number of aryl methyl sites for hydroxylation is 2. The zero-order chi connectivity index (χ0) is 19.2. The average molecular weight is 364 g/mol. The lowest BCUT2D eigenvalue weighted by molar-refractivity contribution is -0.138. The van der Waals surface area contributed by atoms with Gasteiger partial charge in [-0.3, -0.25) is 9.79 Å². The van der Waals surface area contributed by atoms with Gasteiger partial charge in [0.15, 0.2) is 5.96 Å². The van der Waals surface area contributed by atoms with Crippen molar-refractivity contribution in [2.75, 3.05) is 27.7 Å². The third-order valence-corrected chi connectivity index (χ3v) is 5.28. The molecule has 1 aliphatic rings. The third kappa shape index (κ3) is 4.37. The van der Waals surface area contributed by atoms with Gasteiger partial charge in [-0.2, -0.15) is 0 Å². The smallest absolute Gasteiger partial charge is 0.230 e. The van der Waals surface area contributed by atoms with E-state index in [2.05, 4.69) is 34.6 Å². The molecule has 0 unspecified atom stereocenters. The number of hydrogen-bond acceptors (Lipinski definition) is 4. The van der Waals surface area contributed by atoms with Gasteiger partial charge in [0.25, 0.3) is 0 Å². The topological polar surface area (TPSA) is 82.8 Å². The number of carbonyl (C=O) groups is 1. The molecule has 0 bridgehead atoms. The maximum atomic E-state index is 12.7. The number of aliphatic imine (C=N–C) groups is 1. The summed E-state index contributed by atoms with van der Waals surface area (Å²) < 4.78 is 5.42. The summed E-state index contributed by atoms with van der Waals surface area (Å²) in [7, 11) is 5.42. The van der Waals surface area contributed by atoms with E-state index in [0.717, 1.165) is 55.5 Å². The van der Waals surface area contributed by atoms with Gasteiger partial charge in [0.2, 0.25) is 5.91 Å². The summed E-state index contributed by atoms with van der Waals surface area (Å²) in [4.78, 5) is 18.7. The number of guanidine groups is 1. The van der Waals surface area contributed by atoms with Gasteiger partial charge in [-0.25, -0.2) is 0 Å². The Balaban J connectivity index is 2.00. The number of rotatable bonds is 7. The minimum absolute atomic E-state index is 0.207. The SMILES string of the molecule is CCc1noc(CC)c1CNC(=NC)NCC1(C(=O)N(C)C)CCCC1. The molecule has 0 atom stereocenters. The average Bonchev–Trinajstić information content (AvgIpc) is 3.28. The van der Waals surface area contributed by atoms with Crippen molar-refractivity contribution in [2.24, 2.45) is 10.4 Å². The highest BCUT2D eigenvalue weighted by Crippen LogP contribution is 2.38. The molecule has 0 spiro atoms. The molecule has 2 N–H and O–H groups in total. The van der Waals surface area contributed by atoms with Crippen LogP contribution in [0, 0.1) is 5.41 Å². The molecule has 1 fully saturated rings. The fourth-order valence-electron chi connectivity index (χ4n) is 3.78. The van der Waals surface area contributed by atoms with Crippen molar-refractivity contribution >= 4 is 11.9 Å². The molecule has 146 valence electrons. The summed E-state index contributed by atoms with van der Waals surface area (Å²) in [5.41, 5.74) is 1.78. The Morgan fingerprint density at radius 2 is 1.92 bits per heavy atom. The van der Waals surface area contributed by atoms with Gasteiger partial charge in [-0.1, -0.05) is 31.8 Å². The summed E-state index contributed by atoms with van der Waals surface area (Å²) in [6.45, 7) is 5.36. The minimum atomic E-state index is -0.318. The Hall–Kier alpha value is -2.05. The van der Waals surface area contributed by atoms with Crippen molar-refractivity contribution in [2.45, 2.75) is 58.9 Å². The first-order valence-electron chi connectivity index (χ1n) is 9.60. The van der Waals surface area contributed by atoms with E-state index in [1.54, 1.807) is 11.9 Å². The zero-order valence-electron chi connectivity index (χ0n) is 16.8. The van der Waals surface area contributed by atoms with Crippen LogP contribution in [0.3, 0.4) is 0 Å². The van der Waals surface area contributed by atoms with Crippen LogP contribution < -0.4 is 10.6 Å². The quantitative estimate of drug-likeness (QED) is 0.573. The van der Waals surface area contributed by atoms with E-state index >= 15 is 0 Å². The van der Waals surface area contributed by atoms with Crippen molar-refractivity contribution in [1.82, 2.24) is 20.7 Å². The van der Waals surface area contributed by atoms with Gasteiger partial charge >= 0.3 is 0 Å². The highest BCUT2D eigenvalue weighted by Gasteiger charge is 2.42. The Morgan fingerprint density at radius 3 is 2.46 bits per heavy atom. The second-order valence-corrected chi connectivity index (χ2v) is 7.20. The van der Waals surface area contributed by atoms with E-state index in [9.17, 15) is 4.79 Å². The summed E-state index contributed by atoms with van der Waals surface area (Å²) in [6.07, 6.45) is 5.73. The first kappa shape index (κ1) is 20.3. The number of nitrogens with one attached hydrogen (secondary N) is 2. The Kier molecular flexibility index (Phi) is 7.06. The summed E-state index contributed by atoms with van der Waals surface area (Å²) >= 11 is 0. The largest absolute Gasteiger partial charge is 0.361 e. The number of hydrogen-bond donors (Lipinski definition) is 2. The molecule has 26 heavy (non-hydrogen) atoms. The number of aromatic nitrogens is 1. The Bertz CT molecular complexity index is 608. The molecular formula is C19H33N5O2. The second-order valence-electron chi connectivity index (χ2n) is 7.20. The van der Waals surface area contributed by atoms with Crippen molar-refractivity contribution < 1.29 is 9.32 Å². The van der Waals surface area contributed by atoms with Gasteiger partial charge in [-0.15, -0.1) is 0 Å². The van der Waals surface area contributed by atoms with Crippen molar-refractivity contribution in [3.05, 3.63) is 17.0 Å². The Labute approximate surface area is 156 Å². The fourth-order valence-corrected chi connectivity index (χ4v) is 3.78. The second kappa shape index (κ2) is 9.05. The predicted molar refractivity (Wildman–Crippen MR) is 103 cm³/mol. The van der Waals surface area contributed by atoms with E-state index in [1.807, 2.05) is 14.1 Å². The van der Waals surface area contributed by atoms with E-state index in [1.165, 1.54) is 0 Å². The molecule has 1 aromatic heterocycles. The lowest BCUT2D eigenvalue weighted by Crippen LogP contribution is -2.49. The van der Waals surface area contributed by atoms with Crippen LogP contribution in [-0.2, 0) is 24.2 Å². The maximum absolute atomic E-state index is 12.7. The van der Waals surface area contributed by atoms with Crippen molar-refractivity contribution in [3.63, 3.8) is 0 Å². The number of carbonyl (C=O) groups excluding carboxylic acids is 1. The van der Waals surface area contributed by atoms with E-state index in [-0.39, 0.29) is 11.3 Å². The van der Waals surface area contributed by atoms with Crippen LogP contribution >= 0.6 is 0 Å². The van der Waals surface area contributed by atoms with Crippen LogP contribution in [0.5, 0.6) is 0 Å². The van der Waals surface area contributed by atoms with Gasteiger partial charge in [-0.05, 0) is 19.3 Å². The molecule has 0 radical (unpaired) electrons. The van der Waals surface area contributed by atoms with E-state index < -0.39 is 0 Å². The molecule has 7 heteroatoms. The van der Waals surface area contributed by atoms with Gasteiger partial charge in [0.1, 0.15) is 5.76 Å². The lowest BCUT2D eigenvalue weighted by atomic mass is 9.84. The monoisotopic (exact) mass is 363 g/mol.